The molecule has 0 aliphatic heterocycles. The highest BCUT2D eigenvalue weighted by Crippen LogP contribution is 2.38. The number of allylic oxidation sites excluding steroid dienone is 1. The summed E-state index contributed by atoms with van der Waals surface area (Å²) in [7, 11) is 0. The Balaban J connectivity index is 3.59. The fourth-order valence-electron chi connectivity index (χ4n) is 1.52. The first kappa shape index (κ1) is 13.2. The molecule has 0 bridgehead atoms. The Labute approximate surface area is 101 Å². The fraction of sp³-hybridized carbons (Fsp3) is 0.385. The molecule has 0 fully saturated rings. The first-order valence-corrected chi connectivity index (χ1v) is 5.32. The molecular formula is C13H17NO3. The molecule has 0 spiro atoms. The maximum absolute atomic E-state index is 10.9. The van der Waals surface area contributed by atoms with Gasteiger partial charge >= 0.3 is 5.69 Å². The van der Waals surface area contributed by atoms with Crippen molar-refractivity contribution in [2.75, 3.05) is 0 Å². The molecule has 1 aromatic carbocycles. The van der Waals surface area contributed by atoms with Crippen molar-refractivity contribution < 1.29 is 10.0 Å². The van der Waals surface area contributed by atoms with Crippen molar-refractivity contribution in [2.24, 2.45) is 0 Å². The number of phenolic OH excluding ortho intramolecular Hbond substituents is 1. The van der Waals surface area contributed by atoms with Gasteiger partial charge in [-0.2, -0.15) is 0 Å². The van der Waals surface area contributed by atoms with E-state index in [0.717, 1.165) is 5.56 Å². The summed E-state index contributed by atoms with van der Waals surface area (Å²) in [6, 6.07) is 3.17. The Bertz CT molecular complexity index is 449. The van der Waals surface area contributed by atoms with Crippen molar-refractivity contribution >= 4 is 11.3 Å². The van der Waals surface area contributed by atoms with Gasteiger partial charge in [-0.3, -0.25) is 10.1 Å². The van der Waals surface area contributed by atoms with Crippen LogP contribution in [0.2, 0.25) is 0 Å². The van der Waals surface area contributed by atoms with E-state index < -0.39 is 4.92 Å². The molecule has 4 heteroatoms. The molecule has 1 rings (SSSR count). The smallest absolute Gasteiger partial charge is 0.311 e. The molecule has 4 nitrogen and oxygen atoms in total. The summed E-state index contributed by atoms with van der Waals surface area (Å²) >= 11 is 0. The van der Waals surface area contributed by atoms with Gasteiger partial charge in [0.2, 0.25) is 5.75 Å². The summed E-state index contributed by atoms with van der Waals surface area (Å²) in [5.41, 5.74) is 1.36. The molecule has 0 radical (unpaired) electrons. The predicted octanol–water partition coefficient (Wildman–Crippen LogP) is 3.63. The van der Waals surface area contributed by atoms with E-state index >= 15 is 0 Å². The second-order valence-corrected chi connectivity index (χ2v) is 5.18. The normalized spacial score (nSPS) is 11.3. The second-order valence-electron chi connectivity index (χ2n) is 5.18. The van der Waals surface area contributed by atoms with Crippen molar-refractivity contribution in [3.63, 3.8) is 0 Å². The van der Waals surface area contributed by atoms with Crippen LogP contribution in [0.25, 0.3) is 5.57 Å². The van der Waals surface area contributed by atoms with E-state index in [2.05, 4.69) is 6.58 Å². The van der Waals surface area contributed by atoms with Crippen LogP contribution in [-0.4, -0.2) is 10.0 Å². The first-order chi connectivity index (χ1) is 7.64. The minimum Gasteiger partial charge on any atom is -0.502 e. The Hall–Kier alpha value is -1.84. The van der Waals surface area contributed by atoms with E-state index in [1.54, 1.807) is 13.0 Å². The molecule has 1 N–H and O–H groups in total. The van der Waals surface area contributed by atoms with Crippen LogP contribution < -0.4 is 0 Å². The van der Waals surface area contributed by atoms with Gasteiger partial charge in [0.25, 0.3) is 0 Å². The third-order valence-electron chi connectivity index (χ3n) is 2.61. The zero-order chi connectivity index (χ0) is 13.4. The quantitative estimate of drug-likeness (QED) is 0.628. The van der Waals surface area contributed by atoms with E-state index in [9.17, 15) is 15.2 Å². The summed E-state index contributed by atoms with van der Waals surface area (Å²) in [4.78, 5) is 10.3. The number of benzene rings is 1. The van der Waals surface area contributed by atoms with E-state index in [1.807, 2.05) is 20.8 Å². The highest BCUT2D eigenvalue weighted by Gasteiger charge is 2.24. The van der Waals surface area contributed by atoms with E-state index in [1.165, 1.54) is 6.07 Å². The van der Waals surface area contributed by atoms with Gasteiger partial charge in [-0.15, -0.1) is 0 Å². The average molecular weight is 235 g/mol. The fourth-order valence-corrected chi connectivity index (χ4v) is 1.52. The van der Waals surface area contributed by atoms with Gasteiger partial charge in [0.05, 0.1) is 4.92 Å². The molecule has 92 valence electrons. The molecule has 0 atom stereocenters. The predicted molar refractivity (Wildman–Crippen MR) is 68.2 cm³/mol. The lowest BCUT2D eigenvalue weighted by atomic mass is 9.85. The molecule has 0 aliphatic rings. The van der Waals surface area contributed by atoms with Gasteiger partial charge in [0.1, 0.15) is 0 Å². The third-order valence-corrected chi connectivity index (χ3v) is 2.61. The van der Waals surface area contributed by atoms with Crippen molar-refractivity contribution in [2.45, 2.75) is 33.1 Å². The van der Waals surface area contributed by atoms with Crippen LogP contribution in [0.15, 0.2) is 18.7 Å². The van der Waals surface area contributed by atoms with Crippen LogP contribution in [0.1, 0.15) is 38.8 Å². The highest BCUT2D eigenvalue weighted by molar-refractivity contribution is 5.72. The van der Waals surface area contributed by atoms with Crippen molar-refractivity contribution in [1.29, 1.82) is 0 Å². The van der Waals surface area contributed by atoms with Crippen molar-refractivity contribution in [1.82, 2.24) is 0 Å². The Morgan fingerprint density at radius 2 is 1.94 bits per heavy atom. The molecule has 0 unspecified atom stereocenters. The minimum atomic E-state index is -0.572. The zero-order valence-corrected chi connectivity index (χ0v) is 10.6. The largest absolute Gasteiger partial charge is 0.502 e. The van der Waals surface area contributed by atoms with E-state index in [4.69, 9.17) is 0 Å². The first-order valence-electron chi connectivity index (χ1n) is 5.32. The maximum Gasteiger partial charge on any atom is 0.311 e. The van der Waals surface area contributed by atoms with Crippen molar-refractivity contribution in [3.05, 3.63) is 40.0 Å². The van der Waals surface area contributed by atoms with Gasteiger partial charge < -0.3 is 5.11 Å². The van der Waals surface area contributed by atoms with Crippen LogP contribution in [0, 0.1) is 10.1 Å². The molecule has 0 saturated heterocycles. The van der Waals surface area contributed by atoms with Crippen LogP contribution in [-0.2, 0) is 5.41 Å². The number of nitro groups is 1. The van der Waals surface area contributed by atoms with Gasteiger partial charge in [0.15, 0.2) is 0 Å². The number of hydrogen-bond donors (Lipinski definition) is 1. The number of hydrogen-bond acceptors (Lipinski definition) is 3. The molecule has 0 aliphatic carbocycles. The zero-order valence-electron chi connectivity index (χ0n) is 10.6. The number of phenols is 1. The number of nitrogens with zero attached hydrogens (tertiary/aromatic N) is 1. The van der Waals surface area contributed by atoms with Crippen molar-refractivity contribution in [3.8, 4) is 5.75 Å². The molecule has 17 heavy (non-hydrogen) atoms. The van der Waals surface area contributed by atoms with E-state index in [0.29, 0.717) is 11.1 Å². The summed E-state index contributed by atoms with van der Waals surface area (Å²) in [6.07, 6.45) is 0. The average Bonchev–Trinajstić information content (AvgIpc) is 2.14. The molecule has 0 saturated carbocycles. The standard InChI is InChI=1S/C13H17NO3/c1-8(2)10-6-9(13(3,4)5)7-11(12(10)15)14(16)17/h6-7,15H,1H2,2-5H3. The number of aromatic hydroxyl groups is 1. The van der Waals surface area contributed by atoms with Crippen LogP contribution >= 0.6 is 0 Å². The number of rotatable bonds is 2. The lowest BCUT2D eigenvalue weighted by Gasteiger charge is -2.20. The maximum atomic E-state index is 10.9. The molecule has 0 amide bonds. The Morgan fingerprint density at radius 1 is 1.41 bits per heavy atom. The Morgan fingerprint density at radius 3 is 2.29 bits per heavy atom. The monoisotopic (exact) mass is 235 g/mol. The number of nitro benzene ring substituents is 1. The molecule has 1 aromatic rings. The lowest BCUT2D eigenvalue weighted by Crippen LogP contribution is -2.12. The Kier molecular flexibility index (Phi) is 3.27. The van der Waals surface area contributed by atoms with Crippen LogP contribution in [0.3, 0.4) is 0 Å². The van der Waals surface area contributed by atoms with E-state index in [-0.39, 0.29) is 16.9 Å². The van der Waals surface area contributed by atoms with Crippen LogP contribution in [0.5, 0.6) is 5.75 Å². The molecular weight excluding hydrogens is 218 g/mol. The van der Waals surface area contributed by atoms with Gasteiger partial charge in [-0.1, -0.05) is 27.4 Å². The SMILES string of the molecule is C=C(C)c1cc(C(C)(C)C)cc([N+](=O)[O-])c1O. The summed E-state index contributed by atoms with van der Waals surface area (Å²) in [6.45, 7) is 11.3. The second kappa shape index (κ2) is 4.20. The third kappa shape index (κ3) is 2.64. The summed E-state index contributed by atoms with van der Waals surface area (Å²) in [5, 5.41) is 20.7. The highest BCUT2D eigenvalue weighted by atomic mass is 16.6. The summed E-state index contributed by atoms with van der Waals surface area (Å²) in [5.74, 6) is -0.310. The molecule has 0 aromatic heterocycles. The minimum absolute atomic E-state index is 0.220. The van der Waals surface area contributed by atoms with Gasteiger partial charge in [-0.25, -0.2) is 0 Å². The topological polar surface area (TPSA) is 63.4 Å². The summed E-state index contributed by atoms with van der Waals surface area (Å²) < 4.78 is 0. The lowest BCUT2D eigenvalue weighted by molar-refractivity contribution is -0.386. The van der Waals surface area contributed by atoms with Gasteiger partial charge in [-0.05, 0) is 29.5 Å². The van der Waals surface area contributed by atoms with Crippen LogP contribution in [0.4, 0.5) is 5.69 Å². The van der Waals surface area contributed by atoms with Gasteiger partial charge in [0, 0.05) is 11.6 Å². The molecule has 0 heterocycles.